The second kappa shape index (κ2) is 7.13. The molecule has 0 aliphatic carbocycles. The lowest BCUT2D eigenvalue weighted by atomic mass is 10.1. The van der Waals surface area contributed by atoms with Crippen LogP contribution in [0.3, 0.4) is 0 Å². The van der Waals surface area contributed by atoms with Crippen LogP contribution in [0.25, 0.3) is 11.1 Å². The number of carbonyl (C=O) groups is 1. The first-order valence-corrected chi connectivity index (χ1v) is 11.6. The van der Waals surface area contributed by atoms with Gasteiger partial charge in [-0.2, -0.15) is 0 Å². The molecule has 2 aliphatic rings. The molecule has 0 N–H and O–H groups in total. The summed E-state index contributed by atoms with van der Waals surface area (Å²) in [7, 11) is -2.87. The molecular weight excluding hydrogens is 368 g/mol. The molecule has 2 aliphatic heterocycles. The number of carbonyl (C=O) groups excluding carboxylic acids is 1. The smallest absolute Gasteiger partial charge is 0.264 e. The van der Waals surface area contributed by atoms with Crippen LogP contribution in [-0.2, 0) is 9.84 Å². The number of thiophene rings is 1. The van der Waals surface area contributed by atoms with E-state index in [9.17, 15) is 13.2 Å². The van der Waals surface area contributed by atoms with Gasteiger partial charge in [-0.1, -0.05) is 30.3 Å². The summed E-state index contributed by atoms with van der Waals surface area (Å²) in [6, 6.07) is 12.1. The van der Waals surface area contributed by atoms with E-state index < -0.39 is 9.84 Å². The minimum absolute atomic E-state index is 0.0811. The molecule has 0 radical (unpaired) electrons. The van der Waals surface area contributed by atoms with Gasteiger partial charge in [0, 0.05) is 37.8 Å². The number of sulfone groups is 1. The zero-order chi connectivity index (χ0) is 18.1. The third-order valence-electron chi connectivity index (χ3n) is 5.27. The molecule has 2 saturated heterocycles. The molecular formula is C19H22N2O3S2. The molecule has 1 unspecified atom stereocenters. The SMILES string of the molecule is O=C(c1sccc1-c1ccccc1)N1CCN(C2CCS(=O)(=O)C2)CC1. The predicted octanol–water partition coefficient (Wildman–Crippen LogP) is 2.36. The molecule has 138 valence electrons. The van der Waals surface area contributed by atoms with Gasteiger partial charge in [0.25, 0.3) is 5.91 Å². The maximum atomic E-state index is 13.0. The van der Waals surface area contributed by atoms with Crippen LogP contribution in [-0.4, -0.2) is 67.9 Å². The van der Waals surface area contributed by atoms with Gasteiger partial charge in [-0.05, 0) is 23.4 Å². The highest BCUT2D eigenvalue weighted by Crippen LogP contribution is 2.30. The van der Waals surface area contributed by atoms with Crippen LogP contribution < -0.4 is 0 Å². The van der Waals surface area contributed by atoms with E-state index in [0.717, 1.165) is 35.5 Å². The van der Waals surface area contributed by atoms with Crippen molar-refractivity contribution in [1.82, 2.24) is 9.80 Å². The van der Waals surface area contributed by atoms with Crippen molar-refractivity contribution < 1.29 is 13.2 Å². The summed E-state index contributed by atoms with van der Waals surface area (Å²) in [5.74, 6) is 0.647. The number of hydrogen-bond acceptors (Lipinski definition) is 5. The average molecular weight is 391 g/mol. The van der Waals surface area contributed by atoms with E-state index in [4.69, 9.17) is 0 Å². The van der Waals surface area contributed by atoms with E-state index in [1.807, 2.05) is 46.7 Å². The molecule has 3 heterocycles. The van der Waals surface area contributed by atoms with Crippen molar-refractivity contribution in [2.24, 2.45) is 0 Å². The van der Waals surface area contributed by atoms with E-state index in [2.05, 4.69) is 4.90 Å². The summed E-state index contributed by atoms with van der Waals surface area (Å²) in [6.45, 7) is 2.80. The van der Waals surface area contributed by atoms with Crippen LogP contribution in [0.1, 0.15) is 16.1 Å². The summed E-state index contributed by atoms with van der Waals surface area (Å²) in [6.07, 6.45) is 0.722. The second-order valence-corrected chi connectivity index (χ2v) is 10.1. The molecule has 5 nitrogen and oxygen atoms in total. The van der Waals surface area contributed by atoms with Crippen LogP contribution in [0.2, 0.25) is 0 Å². The van der Waals surface area contributed by atoms with Gasteiger partial charge in [0.2, 0.25) is 0 Å². The Morgan fingerprint density at radius 2 is 1.77 bits per heavy atom. The monoisotopic (exact) mass is 390 g/mol. The minimum Gasteiger partial charge on any atom is -0.335 e. The average Bonchev–Trinajstić information content (AvgIpc) is 3.28. The van der Waals surface area contributed by atoms with Crippen molar-refractivity contribution in [2.45, 2.75) is 12.5 Å². The van der Waals surface area contributed by atoms with Crippen LogP contribution in [0.4, 0.5) is 0 Å². The van der Waals surface area contributed by atoms with Gasteiger partial charge in [-0.15, -0.1) is 11.3 Å². The highest BCUT2D eigenvalue weighted by Gasteiger charge is 2.34. The first-order valence-electron chi connectivity index (χ1n) is 8.90. The Bertz CT molecular complexity index is 885. The van der Waals surface area contributed by atoms with Crippen molar-refractivity contribution in [3.8, 4) is 11.1 Å². The van der Waals surface area contributed by atoms with Gasteiger partial charge in [0.05, 0.1) is 16.4 Å². The van der Waals surface area contributed by atoms with Gasteiger partial charge in [0.15, 0.2) is 9.84 Å². The Hall–Kier alpha value is -1.70. The summed E-state index contributed by atoms with van der Waals surface area (Å²) in [5.41, 5.74) is 2.05. The standard InChI is InChI=1S/C19H22N2O3S2/c22-19(18-17(6-12-25-18)15-4-2-1-3-5-15)21-10-8-20(9-11-21)16-7-13-26(23,24)14-16/h1-6,12,16H,7-11,13-14H2. The van der Waals surface area contributed by atoms with Crippen LogP contribution >= 0.6 is 11.3 Å². The summed E-state index contributed by atoms with van der Waals surface area (Å²) in [5, 5.41) is 1.97. The first-order chi connectivity index (χ1) is 12.5. The molecule has 2 aromatic rings. The Balaban J connectivity index is 1.43. The highest BCUT2D eigenvalue weighted by atomic mass is 32.2. The number of rotatable bonds is 3. The van der Waals surface area contributed by atoms with Crippen molar-refractivity contribution in [3.63, 3.8) is 0 Å². The minimum atomic E-state index is -2.87. The van der Waals surface area contributed by atoms with E-state index in [0.29, 0.717) is 18.8 Å². The van der Waals surface area contributed by atoms with Gasteiger partial charge in [-0.3, -0.25) is 9.69 Å². The largest absolute Gasteiger partial charge is 0.335 e. The molecule has 7 heteroatoms. The molecule has 1 aromatic heterocycles. The van der Waals surface area contributed by atoms with E-state index in [1.54, 1.807) is 0 Å². The number of hydrogen-bond donors (Lipinski definition) is 0. The van der Waals surface area contributed by atoms with Gasteiger partial charge < -0.3 is 4.90 Å². The summed E-state index contributed by atoms with van der Waals surface area (Å²) in [4.78, 5) is 17.9. The predicted molar refractivity (Wildman–Crippen MR) is 104 cm³/mol. The normalized spacial score (nSPS) is 23.2. The number of nitrogens with zero attached hydrogens (tertiary/aromatic N) is 2. The van der Waals surface area contributed by atoms with E-state index >= 15 is 0 Å². The molecule has 1 amide bonds. The molecule has 0 bridgehead atoms. The fraction of sp³-hybridized carbons (Fsp3) is 0.421. The number of amides is 1. The van der Waals surface area contributed by atoms with E-state index in [1.165, 1.54) is 11.3 Å². The molecule has 1 aromatic carbocycles. The van der Waals surface area contributed by atoms with Crippen LogP contribution in [0.5, 0.6) is 0 Å². The van der Waals surface area contributed by atoms with Crippen molar-refractivity contribution in [1.29, 1.82) is 0 Å². The molecule has 26 heavy (non-hydrogen) atoms. The second-order valence-electron chi connectivity index (χ2n) is 6.91. The number of benzene rings is 1. The van der Waals surface area contributed by atoms with Crippen molar-refractivity contribution >= 4 is 27.1 Å². The lowest BCUT2D eigenvalue weighted by molar-refractivity contribution is 0.0593. The molecule has 0 spiro atoms. The zero-order valence-corrected chi connectivity index (χ0v) is 16.1. The maximum absolute atomic E-state index is 13.0. The number of piperazine rings is 1. The van der Waals surface area contributed by atoms with Crippen molar-refractivity contribution in [3.05, 3.63) is 46.7 Å². The quantitative estimate of drug-likeness (QED) is 0.807. The third-order valence-corrected chi connectivity index (χ3v) is 7.92. The fourth-order valence-corrected chi connectivity index (χ4v) is 6.46. The maximum Gasteiger partial charge on any atom is 0.264 e. The lowest BCUT2D eigenvalue weighted by Crippen LogP contribution is -2.52. The fourth-order valence-electron chi connectivity index (χ4n) is 3.82. The van der Waals surface area contributed by atoms with Gasteiger partial charge in [-0.25, -0.2) is 8.42 Å². The summed E-state index contributed by atoms with van der Waals surface area (Å²) < 4.78 is 23.4. The topological polar surface area (TPSA) is 57.7 Å². The molecule has 0 saturated carbocycles. The Labute approximate surface area is 158 Å². The zero-order valence-electron chi connectivity index (χ0n) is 14.5. The van der Waals surface area contributed by atoms with Crippen LogP contribution in [0.15, 0.2) is 41.8 Å². The molecule has 4 rings (SSSR count). The van der Waals surface area contributed by atoms with Gasteiger partial charge >= 0.3 is 0 Å². The molecule has 2 fully saturated rings. The third kappa shape index (κ3) is 3.56. The van der Waals surface area contributed by atoms with Gasteiger partial charge in [0.1, 0.15) is 0 Å². The lowest BCUT2D eigenvalue weighted by Gasteiger charge is -2.37. The Morgan fingerprint density at radius 1 is 1.04 bits per heavy atom. The summed E-state index contributed by atoms with van der Waals surface area (Å²) >= 11 is 1.49. The van der Waals surface area contributed by atoms with Crippen molar-refractivity contribution in [2.75, 3.05) is 37.7 Å². The highest BCUT2D eigenvalue weighted by molar-refractivity contribution is 7.91. The van der Waals surface area contributed by atoms with E-state index in [-0.39, 0.29) is 17.7 Å². The first kappa shape index (κ1) is 17.7. The Kier molecular flexibility index (Phi) is 4.86. The van der Waals surface area contributed by atoms with Crippen LogP contribution in [0, 0.1) is 0 Å². The molecule has 1 atom stereocenters. The Morgan fingerprint density at radius 3 is 2.42 bits per heavy atom.